The van der Waals surface area contributed by atoms with Crippen molar-refractivity contribution >= 4 is 0 Å². The Balaban J connectivity index is 1.47. The summed E-state index contributed by atoms with van der Waals surface area (Å²) in [5.41, 5.74) is 0.0423. The Morgan fingerprint density at radius 3 is 3.12 bits per heavy atom. The lowest BCUT2D eigenvalue weighted by molar-refractivity contribution is -0.141. The molecule has 0 N–H and O–H groups in total. The highest BCUT2D eigenvalue weighted by Crippen LogP contribution is 2.40. The van der Waals surface area contributed by atoms with E-state index in [0.29, 0.717) is 12.5 Å². The summed E-state index contributed by atoms with van der Waals surface area (Å²) in [6.07, 6.45) is 7.07. The van der Waals surface area contributed by atoms with E-state index >= 15 is 0 Å². The summed E-state index contributed by atoms with van der Waals surface area (Å²) >= 11 is 0. The monoisotopic (exact) mass is 328 g/mol. The van der Waals surface area contributed by atoms with E-state index in [-0.39, 0.29) is 11.5 Å². The van der Waals surface area contributed by atoms with Crippen molar-refractivity contribution in [3.63, 3.8) is 0 Å². The minimum absolute atomic E-state index is 0.0423. The summed E-state index contributed by atoms with van der Waals surface area (Å²) in [7, 11) is 0. The third kappa shape index (κ3) is 3.32. The first kappa shape index (κ1) is 15.7. The number of hydrogen-bond donors (Lipinski definition) is 0. The summed E-state index contributed by atoms with van der Waals surface area (Å²) in [6.45, 7) is 4.39. The van der Waals surface area contributed by atoms with Crippen LogP contribution in [-0.4, -0.2) is 42.3 Å². The molecule has 0 amide bonds. The molecule has 0 radical (unpaired) electrons. The van der Waals surface area contributed by atoms with Crippen molar-refractivity contribution in [2.75, 3.05) is 26.3 Å². The Kier molecular flexibility index (Phi) is 4.54. The number of aromatic nitrogens is 1. The van der Waals surface area contributed by atoms with E-state index in [1.165, 1.54) is 0 Å². The molecule has 5 nitrogen and oxygen atoms in total. The predicted octanol–water partition coefficient (Wildman–Crippen LogP) is 3.12. The maximum atomic E-state index is 6.11. The van der Waals surface area contributed by atoms with Crippen molar-refractivity contribution in [2.24, 2.45) is 5.41 Å². The second-order valence-electron chi connectivity index (χ2n) is 6.86. The minimum atomic E-state index is 0.0423. The van der Waals surface area contributed by atoms with Gasteiger partial charge in [0.15, 0.2) is 0 Å². The first-order chi connectivity index (χ1) is 11.8. The fourth-order valence-corrected chi connectivity index (χ4v) is 4.00. The molecular formula is C19H24N2O3. The maximum Gasteiger partial charge on any atom is 0.213 e. The van der Waals surface area contributed by atoms with Crippen LogP contribution in [0.25, 0.3) is 0 Å². The lowest BCUT2D eigenvalue weighted by Crippen LogP contribution is -2.57. The molecule has 2 saturated heterocycles. The third-order valence-corrected chi connectivity index (χ3v) is 5.17. The van der Waals surface area contributed by atoms with Gasteiger partial charge in [0.2, 0.25) is 5.88 Å². The highest BCUT2D eigenvalue weighted by Gasteiger charge is 2.46. The number of hydrogen-bond acceptors (Lipinski definition) is 5. The quantitative estimate of drug-likeness (QED) is 0.844. The summed E-state index contributed by atoms with van der Waals surface area (Å²) in [5, 5.41) is 0. The molecule has 0 aromatic carbocycles. The van der Waals surface area contributed by atoms with Gasteiger partial charge in [0.1, 0.15) is 5.76 Å². The van der Waals surface area contributed by atoms with Gasteiger partial charge in [0.25, 0.3) is 0 Å². The van der Waals surface area contributed by atoms with Gasteiger partial charge in [-0.25, -0.2) is 4.98 Å². The van der Waals surface area contributed by atoms with E-state index in [9.17, 15) is 0 Å². The normalized spacial score (nSPS) is 27.6. The summed E-state index contributed by atoms with van der Waals surface area (Å²) in [6, 6.07) is 9.77. The second-order valence-corrected chi connectivity index (χ2v) is 6.86. The van der Waals surface area contributed by atoms with E-state index in [2.05, 4.69) is 9.88 Å². The molecule has 0 aliphatic carbocycles. The molecule has 0 unspecified atom stereocenters. The van der Waals surface area contributed by atoms with Crippen molar-refractivity contribution < 1.29 is 13.9 Å². The van der Waals surface area contributed by atoms with E-state index < -0.39 is 0 Å². The van der Waals surface area contributed by atoms with E-state index in [0.717, 1.165) is 51.3 Å². The molecule has 128 valence electrons. The van der Waals surface area contributed by atoms with Gasteiger partial charge in [-0.15, -0.1) is 0 Å². The number of fused-ring (bicyclic) bond motifs is 1. The van der Waals surface area contributed by atoms with Crippen LogP contribution in [-0.2, 0) is 11.3 Å². The molecule has 0 spiro atoms. The molecule has 0 saturated carbocycles. The lowest BCUT2D eigenvalue weighted by atomic mass is 9.73. The lowest BCUT2D eigenvalue weighted by Gasteiger charge is -2.50. The number of ether oxygens (including phenoxy) is 2. The van der Waals surface area contributed by atoms with Crippen LogP contribution < -0.4 is 4.74 Å². The molecule has 2 fully saturated rings. The van der Waals surface area contributed by atoms with E-state index in [1.807, 2.05) is 30.3 Å². The molecule has 5 heteroatoms. The van der Waals surface area contributed by atoms with Crippen LogP contribution in [0.15, 0.2) is 47.2 Å². The standard InChI is InChI=1S/C19H24N2O3/c1-2-9-20-18(6-1)24-15-19-8-4-12-23-17(19)7-10-21(14-19)13-16-5-3-11-22-16/h1-3,5-6,9,11,17H,4,7-8,10,12-15H2/t17-,19-/m0/s1. The fraction of sp³-hybridized carbons (Fsp3) is 0.526. The Bertz CT molecular complexity index is 631. The van der Waals surface area contributed by atoms with Crippen LogP contribution in [0.4, 0.5) is 0 Å². The van der Waals surface area contributed by atoms with Crippen LogP contribution in [0.5, 0.6) is 5.88 Å². The minimum Gasteiger partial charge on any atom is -0.477 e. The topological polar surface area (TPSA) is 47.7 Å². The molecule has 2 aliphatic rings. The van der Waals surface area contributed by atoms with Crippen molar-refractivity contribution in [1.29, 1.82) is 0 Å². The molecular weight excluding hydrogens is 304 g/mol. The largest absolute Gasteiger partial charge is 0.477 e. The number of furan rings is 1. The molecule has 4 rings (SSSR count). The van der Waals surface area contributed by atoms with Gasteiger partial charge in [-0.05, 0) is 37.5 Å². The number of nitrogens with zero attached hydrogens (tertiary/aromatic N) is 2. The van der Waals surface area contributed by atoms with Gasteiger partial charge < -0.3 is 13.9 Å². The first-order valence-corrected chi connectivity index (χ1v) is 8.74. The first-order valence-electron chi connectivity index (χ1n) is 8.74. The van der Waals surface area contributed by atoms with Gasteiger partial charge in [-0.2, -0.15) is 0 Å². The summed E-state index contributed by atoms with van der Waals surface area (Å²) in [4.78, 5) is 6.75. The van der Waals surface area contributed by atoms with Gasteiger partial charge in [-0.3, -0.25) is 4.90 Å². The second kappa shape index (κ2) is 6.95. The number of piperidine rings is 1. The Labute approximate surface area is 142 Å². The van der Waals surface area contributed by atoms with E-state index in [1.54, 1.807) is 12.5 Å². The third-order valence-electron chi connectivity index (χ3n) is 5.17. The zero-order valence-electron chi connectivity index (χ0n) is 13.9. The summed E-state index contributed by atoms with van der Waals surface area (Å²) in [5.74, 6) is 1.71. The highest BCUT2D eigenvalue weighted by atomic mass is 16.5. The smallest absolute Gasteiger partial charge is 0.213 e. The zero-order chi connectivity index (χ0) is 16.2. The van der Waals surface area contributed by atoms with Crippen LogP contribution >= 0.6 is 0 Å². The molecule has 2 aliphatic heterocycles. The summed E-state index contributed by atoms with van der Waals surface area (Å²) < 4.78 is 17.7. The van der Waals surface area contributed by atoms with Crippen molar-refractivity contribution in [2.45, 2.75) is 31.9 Å². The zero-order valence-corrected chi connectivity index (χ0v) is 13.9. The SMILES string of the molecule is c1ccc(OC[C@@]23CCCO[C@H]2CCN(Cc2ccco2)C3)nc1. The molecule has 2 atom stereocenters. The highest BCUT2D eigenvalue weighted by molar-refractivity contribution is 5.10. The molecule has 2 aromatic rings. The van der Waals surface area contributed by atoms with Gasteiger partial charge in [-0.1, -0.05) is 6.07 Å². The Hall–Kier alpha value is -1.85. The van der Waals surface area contributed by atoms with Gasteiger partial charge >= 0.3 is 0 Å². The van der Waals surface area contributed by atoms with Crippen molar-refractivity contribution in [3.05, 3.63) is 48.6 Å². The number of pyridine rings is 1. The molecule has 4 heterocycles. The van der Waals surface area contributed by atoms with Gasteiger partial charge in [0.05, 0.1) is 25.5 Å². The molecule has 2 aromatic heterocycles. The fourth-order valence-electron chi connectivity index (χ4n) is 4.00. The Morgan fingerprint density at radius 2 is 2.29 bits per heavy atom. The number of rotatable bonds is 5. The Morgan fingerprint density at radius 1 is 1.29 bits per heavy atom. The van der Waals surface area contributed by atoms with Crippen LogP contribution in [0.2, 0.25) is 0 Å². The number of likely N-dealkylation sites (tertiary alicyclic amines) is 1. The van der Waals surface area contributed by atoms with E-state index in [4.69, 9.17) is 13.9 Å². The van der Waals surface area contributed by atoms with Gasteiger partial charge in [0, 0.05) is 37.4 Å². The maximum absolute atomic E-state index is 6.11. The molecule has 0 bridgehead atoms. The van der Waals surface area contributed by atoms with Crippen LogP contribution in [0.1, 0.15) is 25.0 Å². The predicted molar refractivity (Wildman–Crippen MR) is 89.7 cm³/mol. The van der Waals surface area contributed by atoms with Crippen molar-refractivity contribution in [3.8, 4) is 5.88 Å². The average Bonchev–Trinajstić information content (AvgIpc) is 3.14. The average molecular weight is 328 g/mol. The van der Waals surface area contributed by atoms with Crippen molar-refractivity contribution in [1.82, 2.24) is 9.88 Å². The molecule has 24 heavy (non-hydrogen) atoms. The van der Waals surface area contributed by atoms with Crippen LogP contribution in [0, 0.1) is 5.41 Å². The van der Waals surface area contributed by atoms with Crippen LogP contribution in [0.3, 0.4) is 0 Å².